The van der Waals surface area contributed by atoms with Crippen molar-refractivity contribution in [2.45, 2.75) is 6.92 Å². The zero-order chi connectivity index (χ0) is 15.4. The smallest absolute Gasteiger partial charge is 0.292 e. The van der Waals surface area contributed by atoms with Gasteiger partial charge in [-0.3, -0.25) is 19.6 Å². The van der Waals surface area contributed by atoms with Crippen LogP contribution in [0, 0.1) is 10.1 Å². The number of nitro groups is 1. The molecule has 8 nitrogen and oxygen atoms in total. The maximum absolute atomic E-state index is 12.1. The first-order valence-corrected chi connectivity index (χ1v) is 6.33. The van der Waals surface area contributed by atoms with Gasteiger partial charge < -0.3 is 10.6 Å². The molecule has 1 aromatic heterocycles. The highest BCUT2D eigenvalue weighted by Gasteiger charge is 2.16. The Morgan fingerprint density at radius 3 is 2.81 bits per heavy atom. The number of amides is 1. The van der Waals surface area contributed by atoms with Gasteiger partial charge in [0.15, 0.2) is 0 Å². The van der Waals surface area contributed by atoms with Crippen LogP contribution in [0.1, 0.15) is 17.3 Å². The predicted octanol–water partition coefficient (Wildman–Crippen LogP) is 2.01. The largest absolute Gasteiger partial charge is 0.380 e. The first kappa shape index (κ1) is 14.5. The lowest BCUT2D eigenvalue weighted by atomic mass is 10.1. The van der Waals surface area contributed by atoms with Crippen LogP contribution >= 0.6 is 0 Å². The maximum Gasteiger partial charge on any atom is 0.292 e. The van der Waals surface area contributed by atoms with Crippen molar-refractivity contribution in [2.24, 2.45) is 7.05 Å². The molecule has 0 atom stereocenters. The molecule has 2 rings (SSSR count). The third kappa shape index (κ3) is 3.35. The molecule has 0 aliphatic heterocycles. The molecule has 0 spiro atoms. The lowest BCUT2D eigenvalue weighted by Gasteiger charge is -2.07. The number of benzene rings is 1. The van der Waals surface area contributed by atoms with Crippen molar-refractivity contribution >= 4 is 23.0 Å². The minimum absolute atomic E-state index is 0.0604. The first-order chi connectivity index (χ1) is 10.0. The van der Waals surface area contributed by atoms with Crippen LogP contribution in [-0.4, -0.2) is 27.2 Å². The summed E-state index contributed by atoms with van der Waals surface area (Å²) in [4.78, 5) is 22.6. The topological polar surface area (TPSA) is 102 Å². The van der Waals surface area contributed by atoms with Crippen LogP contribution in [0.4, 0.5) is 17.1 Å². The summed E-state index contributed by atoms with van der Waals surface area (Å²) in [5.41, 5.74) is 1.15. The maximum atomic E-state index is 12.1. The van der Waals surface area contributed by atoms with Gasteiger partial charge in [-0.25, -0.2) is 0 Å². The Morgan fingerprint density at radius 2 is 2.24 bits per heavy atom. The molecular weight excluding hydrogens is 274 g/mol. The van der Waals surface area contributed by atoms with E-state index < -0.39 is 4.92 Å². The number of nitrogens with one attached hydrogen (secondary N) is 2. The average Bonchev–Trinajstić information content (AvgIpc) is 2.84. The third-order valence-corrected chi connectivity index (χ3v) is 2.79. The molecule has 0 aliphatic carbocycles. The predicted molar refractivity (Wildman–Crippen MR) is 78.4 cm³/mol. The first-order valence-electron chi connectivity index (χ1n) is 6.33. The van der Waals surface area contributed by atoms with Crippen molar-refractivity contribution in [2.75, 3.05) is 17.2 Å². The van der Waals surface area contributed by atoms with Crippen molar-refractivity contribution in [3.8, 4) is 0 Å². The molecule has 8 heteroatoms. The normalized spacial score (nSPS) is 10.2. The Bertz CT molecular complexity index is 680. The van der Waals surface area contributed by atoms with Crippen LogP contribution in [0.25, 0.3) is 0 Å². The van der Waals surface area contributed by atoms with E-state index in [2.05, 4.69) is 15.7 Å². The van der Waals surface area contributed by atoms with Gasteiger partial charge in [-0.1, -0.05) is 0 Å². The van der Waals surface area contributed by atoms with Crippen LogP contribution in [0.2, 0.25) is 0 Å². The van der Waals surface area contributed by atoms with E-state index in [1.807, 2.05) is 6.92 Å². The highest BCUT2D eigenvalue weighted by atomic mass is 16.6. The van der Waals surface area contributed by atoms with Crippen LogP contribution < -0.4 is 10.6 Å². The fourth-order valence-electron chi connectivity index (χ4n) is 1.86. The van der Waals surface area contributed by atoms with Gasteiger partial charge in [0.1, 0.15) is 5.69 Å². The van der Waals surface area contributed by atoms with Gasteiger partial charge in [-0.2, -0.15) is 5.10 Å². The van der Waals surface area contributed by atoms with Crippen LogP contribution in [0.3, 0.4) is 0 Å². The van der Waals surface area contributed by atoms with Crippen molar-refractivity contribution in [1.82, 2.24) is 9.78 Å². The summed E-state index contributed by atoms with van der Waals surface area (Å²) >= 11 is 0. The van der Waals surface area contributed by atoms with E-state index >= 15 is 0 Å². The van der Waals surface area contributed by atoms with Crippen molar-refractivity contribution in [3.05, 3.63) is 46.3 Å². The number of hydrogen-bond acceptors (Lipinski definition) is 5. The number of hydrogen-bond donors (Lipinski definition) is 2. The highest BCUT2D eigenvalue weighted by molar-refractivity contribution is 6.05. The summed E-state index contributed by atoms with van der Waals surface area (Å²) in [6.07, 6.45) is 3.18. The third-order valence-electron chi connectivity index (χ3n) is 2.79. The van der Waals surface area contributed by atoms with Gasteiger partial charge in [0.05, 0.1) is 16.8 Å². The summed E-state index contributed by atoms with van der Waals surface area (Å²) < 4.78 is 1.56. The molecule has 0 saturated heterocycles. The van der Waals surface area contributed by atoms with Gasteiger partial charge in [0, 0.05) is 31.4 Å². The number of rotatable bonds is 5. The molecule has 1 aromatic carbocycles. The zero-order valence-corrected chi connectivity index (χ0v) is 11.7. The molecule has 0 bridgehead atoms. The summed E-state index contributed by atoms with van der Waals surface area (Å²) in [6, 6.07) is 4.20. The van der Waals surface area contributed by atoms with E-state index in [1.54, 1.807) is 17.9 Å². The fourth-order valence-corrected chi connectivity index (χ4v) is 1.86. The summed E-state index contributed by atoms with van der Waals surface area (Å²) in [5, 5.41) is 20.4. The SMILES string of the molecule is CCNc1cc(C(=O)Nc2cnn(C)c2)ccc1[N+](=O)[O-]. The summed E-state index contributed by atoms with van der Waals surface area (Å²) in [6.45, 7) is 2.35. The van der Waals surface area contributed by atoms with Crippen molar-refractivity contribution < 1.29 is 9.72 Å². The molecule has 2 N–H and O–H groups in total. The Morgan fingerprint density at radius 1 is 1.48 bits per heavy atom. The van der Waals surface area contributed by atoms with Crippen molar-refractivity contribution in [1.29, 1.82) is 0 Å². The summed E-state index contributed by atoms with van der Waals surface area (Å²) in [7, 11) is 1.74. The number of aromatic nitrogens is 2. The second-order valence-corrected chi connectivity index (χ2v) is 4.38. The number of carbonyl (C=O) groups excluding carboxylic acids is 1. The number of anilines is 2. The molecular formula is C13H15N5O3. The van der Waals surface area contributed by atoms with Gasteiger partial charge in [0.2, 0.25) is 0 Å². The standard InChI is InChI=1S/C13H15N5O3/c1-3-14-11-6-9(4-5-12(11)18(20)21)13(19)16-10-7-15-17(2)8-10/h4-8,14H,3H2,1-2H3,(H,16,19). The van der Waals surface area contributed by atoms with Crippen LogP contribution in [-0.2, 0) is 7.05 Å². The van der Waals surface area contributed by atoms with E-state index in [9.17, 15) is 14.9 Å². The highest BCUT2D eigenvalue weighted by Crippen LogP contribution is 2.25. The minimum Gasteiger partial charge on any atom is -0.380 e. The Kier molecular flexibility index (Phi) is 4.17. The quantitative estimate of drug-likeness (QED) is 0.647. The molecule has 0 fully saturated rings. The van der Waals surface area contributed by atoms with Gasteiger partial charge >= 0.3 is 0 Å². The van der Waals surface area contributed by atoms with Gasteiger partial charge in [-0.05, 0) is 19.1 Å². The molecule has 0 saturated carbocycles. The molecule has 2 aromatic rings. The minimum atomic E-state index is -0.485. The number of carbonyl (C=O) groups is 1. The lowest BCUT2D eigenvalue weighted by Crippen LogP contribution is -2.12. The molecule has 21 heavy (non-hydrogen) atoms. The van der Waals surface area contributed by atoms with E-state index in [0.29, 0.717) is 23.5 Å². The number of nitro benzene ring substituents is 1. The number of aryl methyl sites for hydroxylation is 1. The monoisotopic (exact) mass is 289 g/mol. The lowest BCUT2D eigenvalue weighted by molar-refractivity contribution is -0.384. The Labute approximate surface area is 120 Å². The van der Waals surface area contributed by atoms with Gasteiger partial charge in [0.25, 0.3) is 11.6 Å². The molecule has 0 radical (unpaired) electrons. The van der Waals surface area contributed by atoms with E-state index in [-0.39, 0.29) is 11.6 Å². The van der Waals surface area contributed by atoms with Crippen LogP contribution in [0.15, 0.2) is 30.6 Å². The second-order valence-electron chi connectivity index (χ2n) is 4.38. The number of nitrogens with zero attached hydrogens (tertiary/aromatic N) is 3. The average molecular weight is 289 g/mol. The van der Waals surface area contributed by atoms with E-state index in [0.717, 1.165) is 0 Å². The zero-order valence-electron chi connectivity index (χ0n) is 11.7. The summed E-state index contributed by atoms with van der Waals surface area (Å²) in [5.74, 6) is -0.350. The Hall–Kier alpha value is -2.90. The van der Waals surface area contributed by atoms with Gasteiger partial charge in [-0.15, -0.1) is 0 Å². The molecule has 0 aliphatic rings. The molecule has 1 heterocycles. The van der Waals surface area contributed by atoms with Crippen LogP contribution in [0.5, 0.6) is 0 Å². The fraction of sp³-hybridized carbons (Fsp3) is 0.231. The van der Waals surface area contributed by atoms with E-state index in [4.69, 9.17) is 0 Å². The molecule has 1 amide bonds. The van der Waals surface area contributed by atoms with Crippen molar-refractivity contribution in [3.63, 3.8) is 0 Å². The van der Waals surface area contributed by atoms with E-state index in [1.165, 1.54) is 24.4 Å². The molecule has 0 unspecified atom stereocenters. The molecule has 110 valence electrons. The Balaban J connectivity index is 2.24. The second kappa shape index (κ2) is 6.04.